The van der Waals surface area contributed by atoms with Gasteiger partial charge in [-0.15, -0.1) is 5.10 Å². The summed E-state index contributed by atoms with van der Waals surface area (Å²) in [6, 6.07) is 18.0. The lowest BCUT2D eigenvalue weighted by Crippen LogP contribution is -2.04. The maximum atomic E-state index is 5.36. The Morgan fingerprint density at radius 1 is 0.960 bits per heavy atom. The monoisotopic (exact) mass is 331 g/mol. The van der Waals surface area contributed by atoms with E-state index >= 15 is 0 Å². The van der Waals surface area contributed by atoms with Gasteiger partial charge < -0.3 is 4.52 Å². The lowest BCUT2D eigenvalue weighted by Gasteiger charge is -2.04. The molecule has 6 heteroatoms. The van der Waals surface area contributed by atoms with Gasteiger partial charge in [-0.3, -0.25) is 0 Å². The minimum atomic E-state index is 0.450. The van der Waals surface area contributed by atoms with Crippen LogP contribution in [-0.4, -0.2) is 25.1 Å². The molecule has 4 rings (SSSR count). The zero-order valence-corrected chi connectivity index (χ0v) is 14.0. The molecule has 0 amide bonds. The smallest absolute Gasteiger partial charge is 0.258 e. The normalized spacial score (nSPS) is 11.0. The van der Waals surface area contributed by atoms with Crippen molar-refractivity contribution in [1.82, 2.24) is 25.1 Å². The molecule has 0 atom stereocenters. The maximum absolute atomic E-state index is 5.36. The van der Waals surface area contributed by atoms with Gasteiger partial charge in [-0.05, 0) is 31.5 Å². The molecule has 0 unspecified atom stereocenters. The van der Waals surface area contributed by atoms with Crippen molar-refractivity contribution >= 4 is 0 Å². The quantitative estimate of drug-likeness (QED) is 0.571. The van der Waals surface area contributed by atoms with Gasteiger partial charge in [-0.1, -0.05) is 58.4 Å². The van der Waals surface area contributed by atoms with E-state index in [1.807, 2.05) is 41.9 Å². The van der Waals surface area contributed by atoms with Gasteiger partial charge in [-0.25, -0.2) is 4.68 Å². The van der Waals surface area contributed by atoms with Gasteiger partial charge in [-0.2, -0.15) is 4.98 Å². The topological polar surface area (TPSA) is 69.6 Å². The highest BCUT2D eigenvalue weighted by atomic mass is 16.5. The van der Waals surface area contributed by atoms with Crippen LogP contribution in [0.2, 0.25) is 0 Å². The Morgan fingerprint density at radius 3 is 2.48 bits per heavy atom. The van der Waals surface area contributed by atoms with E-state index in [4.69, 9.17) is 4.52 Å². The van der Waals surface area contributed by atoms with E-state index in [0.717, 1.165) is 11.3 Å². The Balaban J connectivity index is 1.61. The molecule has 25 heavy (non-hydrogen) atoms. The second kappa shape index (κ2) is 6.32. The Kier molecular flexibility index (Phi) is 3.85. The lowest BCUT2D eigenvalue weighted by molar-refractivity contribution is 0.432. The van der Waals surface area contributed by atoms with Crippen molar-refractivity contribution in [3.8, 4) is 23.0 Å². The van der Waals surface area contributed by atoms with E-state index in [0.29, 0.717) is 24.0 Å². The first kappa shape index (κ1) is 15.3. The molecule has 2 aromatic heterocycles. The highest BCUT2D eigenvalue weighted by Gasteiger charge is 2.17. The molecule has 0 aliphatic heterocycles. The van der Waals surface area contributed by atoms with Crippen LogP contribution in [0.25, 0.3) is 23.0 Å². The molecule has 0 aliphatic rings. The molecule has 0 aliphatic carbocycles. The molecule has 0 spiro atoms. The van der Waals surface area contributed by atoms with Gasteiger partial charge in [0.2, 0.25) is 5.82 Å². The van der Waals surface area contributed by atoms with Gasteiger partial charge in [0.15, 0.2) is 5.69 Å². The van der Waals surface area contributed by atoms with Crippen LogP contribution in [0.5, 0.6) is 0 Å². The van der Waals surface area contributed by atoms with Crippen LogP contribution >= 0.6 is 0 Å². The van der Waals surface area contributed by atoms with Crippen molar-refractivity contribution in [2.24, 2.45) is 0 Å². The van der Waals surface area contributed by atoms with E-state index in [9.17, 15) is 0 Å². The molecular formula is C19H17N5O. The average Bonchev–Trinajstić information content (AvgIpc) is 3.25. The van der Waals surface area contributed by atoms with Crippen LogP contribution in [-0.2, 0) is 6.54 Å². The highest BCUT2D eigenvalue weighted by molar-refractivity contribution is 5.58. The second-order valence-electron chi connectivity index (χ2n) is 5.96. The average molecular weight is 331 g/mol. The number of aryl methyl sites for hydroxylation is 1. The van der Waals surface area contributed by atoms with Gasteiger partial charge in [0, 0.05) is 5.56 Å². The summed E-state index contributed by atoms with van der Waals surface area (Å²) in [5.41, 5.74) is 4.83. The number of aromatic nitrogens is 5. The van der Waals surface area contributed by atoms with E-state index in [2.05, 4.69) is 51.6 Å². The van der Waals surface area contributed by atoms with Crippen LogP contribution in [0, 0.1) is 13.8 Å². The van der Waals surface area contributed by atoms with E-state index < -0.39 is 0 Å². The van der Waals surface area contributed by atoms with E-state index in [1.165, 1.54) is 11.1 Å². The molecule has 124 valence electrons. The Hall–Kier alpha value is -3.28. The fourth-order valence-corrected chi connectivity index (χ4v) is 2.60. The third-order valence-electron chi connectivity index (χ3n) is 4.09. The molecule has 0 bridgehead atoms. The van der Waals surface area contributed by atoms with Crippen LogP contribution in [0.15, 0.2) is 59.1 Å². The van der Waals surface area contributed by atoms with Crippen molar-refractivity contribution in [2.75, 3.05) is 0 Å². The zero-order chi connectivity index (χ0) is 17.2. The fraction of sp³-hybridized carbons (Fsp3) is 0.158. The minimum Gasteiger partial charge on any atom is -0.334 e. The van der Waals surface area contributed by atoms with Crippen molar-refractivity contribution < 1.29 is 4.52 Å². The van der Waals surface area contributed by atoms with Gasteiger partial charge in [0.1, 0.15) is 0 Å². The molecule has 0 saturated heterocycles. The van der Waals surface area contributed by atoms with Crippen LogP contribution in [0.1, 0.15) is 16.8 Å². The summed E-state index contributed by atoms with van der Waals surface area (Å²) in [6.45, 7) is 4.69. The first-order valence-corrected chi connectivity index (χ1v) is 8.06. The van der Waals surface area contributed by atoms with E-state index in [-0.39, 0.29) is 0 Å². The summed E-state index contributed by atoms with van der Waals surface area (Å²) in [4.78, 5) is 4.45. The number of nitrogens with zero attached hydrogens (tertiary/aromatic N) is 5. The van der Waals surface area contributed by atoms with Gasteiger partial charge in [0.05, 0.1) is 12.2 Å². The molecule has 0 saturated carbocycles. The van der Waals surface area contributed by atoms with Crippen molar-refractivity contribution in [3.05, 3.63) is 71.4 Å². The predicted molar refractivity (Wildman–Crippen MR) is 93.8 cm³/mol. The van der Waals surface area contributed by atoms with Crippen LogP contribution < -0.4 is 0 Å². The Bertz CT molecular complexity index is 986. The third kappa shape index (κ3) is 3.06. The summed E-state index contributed by atoms with van der Waals surface area (Å²) < 4.78 is 7.21. The number of rotatable bonds is 4. The Morgan fingerprint density at radius 2 is 1.72 bits per heavy atom. The molecule has 0 radical (unpaired) electrons. The summed E-state index contributed by atoms with van der Waals surface area (Å²) in [6.07, 6.45) is 0. The molecule has 2 heterocycles. The lowest BCUT2D eigenvalue weighted by atomic mass is 10.1. The predicted octanol–water partition coefficient (Wildman–Crippen LogP) is 3.66. The molecule has 0 fully saturated rings. The maximum Gasteiger partial charge on any atom is 0.258 e. The van der Waals surface area contributed by atoms with Gasteiger partial charge in [0.25, 0.3) is 5.89 Å². The summed E-state index contributed by atoms with van der Waals surface area (Å²) in [5, 5.41) is 12.5. The molecule has 4 aromatic rings. The number of hydrogen-bond acceptors (Lipinski definition) is 5. The van der Waals surface area contributed by atoms with Crippen molar-refractivity contribution in [1.29, 1.82) is 0 Å². The Labute approximate surface area is 145 Å². The SMILES string of the molecule is Cc1ccc(Cn2nnc(-c3noc(-c4ccccc4)n3)c2C)cc1. The summed E-state index contributed by atoms with van der Waals surface area (Å²) in [7, 11) is 0. The minimum absolute atomic E-state index is 0.450. The highest BCUT2D eigenvalue weighted by Crippen LogP contribution is 2.23. The first-order valence-electron chi connectivity index (χ1n) is 8.06. The molecule has 0 N–H and O–H groups in total. The summed E-state index contributed by atoms with van der Waals surface area (Å²) >= 11 is 0. The third-order valence-corrected chi connectivity index (χ3v) is 4.09. The second-order valence-corrected chi connectivity index (χ2v) is 5.96. The molecular weight excluding hydrogens is 314 g/mol. The fourth-order valence-electron chi connectivity index (χ4n) is 2.60. The molecule has 2 aromatic carbocycles. The first-order chi connectivity index (χ1) is 12.2. The van der Waals surface area contributed by atoms with E-state index in [1.54, 1.807) is 0 Å². The largest absolute Gasteiger partial charge is 0.334 e. The molecule has 6 nitrogen and oxygen atoms in total. The standard InChI is InChI=1S/C19H17N5O/c1-13-8-10-15(11-9-13)12-24-14(2)17(21-23-24)18-20-19(25-22-18)16-6-4-3-5-7-16/h3-11H,12H2,1-2H3. The zero-order valence-electron chi connectivity index (χ0n) is 14.0. The summed E-state index contributed by atoms with van der Waals surface area (Å²) in [5.74, 6) is 0.926. The van der Waals surface area contributed by atoms with Crippen molar-refractivity contribution in [2.45, 2.75) is 20.4 Å². The number of hydrogen-bond donors (Lipinski definition) is 0. The number of benzene rings is 2. The van der Waals surface area contributed by atoms with Crippen LogP contribution in [0.4, 0.5) is 0 Å². The van der Waals surface area contributed by atoms with Crippen molar-refractivity contribution in [3.63, 3.8) is 0 Å². The van der Waals surface area contributed by atoms with Gasteiger partial charge >= 0.3 is 0 Å². The van der Waals surface area contributed by atoms with Crippen LogP contribution in [0.3, 0.4) is 0 Å².